The molecule has 3 N–H and O–H groups in total. The Morgan fingerprint density at radius 2 is 2.19 bits per heavy atom. The zero-order valence-electron chi connectivity index (χ0n) is 12.8. The molecule has 0 fully saturated rings. The number of aliphatic carboxylic acids is 1. The molecule has 0 saturated carbocycles. The van der Waals surface area contributed by atoms with Crippen LogP contribution in [-0.2, 0) is 15.3 Å². The molecule has 1 rings (SSSR count). The first-order valence-electron chi connectivity index (χ1n) is 6.93. The highest BCUT2D eigenvalue weighted by Gasteiger charge is 2.33. The van der Waals surface area contributed by atoms with E-state index in [2.05, 4.69) is 15.3 Å². The Kier molecular flexibility index (Phi) is 6.26. The van der Waals surface area contributed by atoms with Gasteiger partial charge in [0, 0.05) is 17.6 Å². The molecule has 0 saturated heterocycles. The van der Waals surface area contributed by atoms with Crippen molar-refractivity contribution >= 4 is 23.6 Å². The highest BCUT2D eigenvalue weighted by Crippen LogP contribution is 2.28. The Hall–Kier alpha value is -1.50. The first kappa shape index (κ1) is 17.6. The van der Waals surface area contributed by atoms with Crippen LogP contribution in [0.5, 0.6) is 0 Å². The van der Waals surface area contributed by atoms with Crippen molar-refractivity contribution in [3.05, 3.63) is 18.2 Å². The summed E-state index contributed by atoms with van der Waals surface area (Å²) in [6.07, 6.45) is 3.99. The number of nitrogens with zero attached hydrogens (tertiary/aromatic N) is 1. The number of H-pyrrole nitrogens is 1. The fourth-order valence-corrected chi connectivity index (χ4v) is 2.55. The molecule has 2 atom stereocenters. The van der Waals surface area contributed by atoms with Crippen LogP contribution in [0.15, 0.2) is 12.5 Å². The normalized spacial score (nSPS) is 14.5. The Balaban J connectivity index is 2.64. The second-order valence-electron chi connectivity index (χ2n) is 5.55. The quantitative estimate of drug-likeness (QED) is 0.682. The molecule has 0 spiro atoms. The van der Waals surface area contributed by atoms with E-state index in [1.54, 1.807) is 26.4 Å². The molecule has 0 aliphatic rings. The van der Waals surface area contributed by atoms with Gasteiger partial charge >= 0.3 is 5.97 Å². The molecule has 1 amide bonds. The van der Waals surface area contributed by atoms with E-state index in [1.165, 1.54) is 11.8 Å². The topological polar surface area (TPSA) is 95.1 Å². The van der Waals surface area contributed by atoms with Crippen LogP contribution in [0.25, 0.3) is 0 Å². The number of hydrogen-bond donors (Lipinski definition) is 3. The minimum absolute atomic E-state index is 0.111. The third-order valence-electron chi connectivity index (χ3n) is 3.46. The molecule has 7 heteroatoms. The minimum Gasteiger partial charge on any atom is -0.480 e. The van der Waals surface area contributed by atoms with E-state index >= 15 is 0 Å². The van der Waals surface area contributed by atoms with Gasteiger partial charge in [0.15, 0.2) is 0 Å². The van der Waals surface area contributed by atoms with E-state index in [9.17, 15) is 14.7 Å². The number of aromatic amines is 1. The van der Waals surface area contributed by atoms with Gasteiger partial charge in [0.2, 0.25) is 5.91 Å². The standard InChI is InChI=1S/C14H23N3O3S/c1-5-9(2)11(12(18)19)17-13(20)14(3,4)21-7-10-6-15-8-16-10/h6,8-9,11H,5,7H2,1-4H3,(H,15,16)(H,17,20)(H,18,19)/t9-,11-/m0/s1. The van der Waals surface area contributed by atoms with E-state index in [0.717, 1.165) is 5.69 Å². The van der Waals surface area contributed by atoms with Gasteiger partial charge in [0.1, 0.15) is 6.04 Å². The summed E-state index contributed by atoms with van der Waals surface area (Å²) in [5.41, 5.74) is 0.928. The number of amides is 1. The average Bonchev–Trinajstić information content (AvgIpc) is 2.94. The summed E-state index contributed by atoms with van der Waals surface area (Å²) in [5, 5.41) is 11.9. The molecule has 0 bridgehead atoms. The SMILES string of the molecule is CC[C@H](C)[C@H](NC(=O)C(C)(C)SCc1cnc[nH]1)C(=O)O. The maximum absolute atomic E-state index is 12.3. The van der Waals surface area contributed by atoms with E-state index < -0.39 is 16.8 Å². The van der Waals surface area contributed by atoms with E-state index in [0.29, 0.717) is 12.2 Å². The Labute approximate surface area is 129 Å². The molecular formula is C14H23N3O3S. The molecule has 0 aliphatic heterocycles. The van der Waals surface area contributed by atoms with Crippen LogP contribution in [-0.4, -0.2) is 37.7 Å². The maximum Gasteiger partial charge on any atom is 0.326 e. The first-order valence-corrected chi connectivity index (χ1v) is 7.91. The van der Waals surface area contributed by atoms with Crippen LogP contribution in [0, 0.1) is 5.92 Å². The molecule has 1 heterocycles. The second kappa shape index (κ2) is 7.49. The molecule has 118 valence electrons. The Bertz CT molecular complexity index is 474. The van der Waals surface area contributed by atoms with Crippen molar-refractivity contribution in [1.29, 1.82) is 0 Å². The van der Waals surface area contributed by atoms with Crippen molar-refractivity contribution in [1.82, 2.24) is 15.3 Å². The van der Waals surface area contributed by atoms with Gasteiger partial charge in [-0.1, -0.05) is 20.3 Å². The second-order valence-corrected chi connectivity index (χ2v) is 7.15. The van der Waals surface area contributed by atoms with Crippen molar-refractivity contribution in [2.24, 2.45) is 5.92 Å². The van der Waals surface area contributed by atoms with Crippen molar-refractivity contribution in [2.75, 3.05) is 0 Å². The number of carbonyl (C=O) groups is 2. The average molecular weight is 313 g/mol. The molecule has 6 nitrogen and oxygen atoms in total. The number of hydrogen-bond acceptors (Lipinski definition) is 4. The summed E-state index contributed by atoms with van der Waals surface area (Å²) in [7, 11) is 0. The summed E-state index contributed by atoms with van der Waals surface area (Å²) in [6.45, 7) is 7.31. The summed E-state index contributed by atoms with van der Waals surface area (Å²) in [4.78, 5) is 30.5. The third-order valence-corrected chi connectivity index (χ3v) is 4.82. The largest absolute Gasteiger partial charge is 0.480 e. The van der Waals surface area contributed by atoms with Gasteiger partial charge in [-0.05, 0) is 19.8 Å². The van der Waals surface area contributed by atoms with Crippen LogP contribution in [0.3, 0.4) is 0 Å². The van der Waals surface area contributed by atoms with E-state index in [4.69, 9.17) is 0 Å². The lowest BCUT2D eigenvalue weighted by Crippen LogP contribution is -2.51. The van der Waals surface area contributed by atoms with Gasteiger partial charge in [-0.25, -0.2) is 9.78 Å². The molecule has 1 aromatic heterocycles. The molecule has 1 aromatic rings. The van der Waals surface area contributed by atoms with Gasteiger partial charge in [0.05, 0.1) is 11.1 Å². The predicted octanol–water partition coefficient (Wildman–Crippen LogP) is 2.04. The third kappa shape index (κ3) is 5.08. The van der Waals surface area contributed by atoms with Crippen LogP contribution >= 0.6 is 11.8 Å². The van der Waals surface area contributed by atoms with Gasteiger partial charge in [0.25, 0.3) is 0 Å². The number of carboxylic acids is 1. The molecule has 0 radical (unpaired) electrons. The lowest BCUT2D eigenvalue weighted by atomic mass is 9.98. The van der Waals surface area contributed by atoms with Gasteiger partial charge in [-0.2, -0.15) is 0 Å². The molecular weight excluding hydrogens is 290 g/mol. The summed E-state index contributed by atoms with van der Waals surface area (Å²) >= 11 is 1.44. The number of rotatable bonds is 8. The zero-order valence-corrected chi connectivity index (χ0v) is 13.7. The molecule has 0 aromatic carbocycles. The van der Waals surface area contributed by atoms with E-state index in [1.807, 2.05) is 13.8 Å². The maximum atomic E-state index is 12.3. The van der Waals surface area contributed by atoms with Gasteiger partial charge < -0.3 is 15.4 Å². The van der Waals surface area contributed by atoms with Crippen LogP contribution in [0.1, 0.15) is 39.8 Å². The number of thioether (sulfide) groups is 1. The lowest BCUT2D eigenvalue weighted by Gasteiger charge is -2.27. The lowest BCUT2D eigenvalue weighted by molar-refractivity contribution is -0.143. The number of carboxylic acid groups (broad SMARTS) is 1. The number of aromatic nitrogens is 2. The van der Waals surface area contributed by atoms with Crippen molar-refractivity contribution in [2.45, 2.75) is 50.7 Å². The fraction of sp³-hybridized carbons (Fsp3) is 0.643. The Morgan fingerprint density at radius 3 is 2.67 bits per heavy atom. The summed E-state index contributed by atoms with van der Waals surface area (Å²) < 4.78 is -0.716. The zero-order chi connectivity index (χ0) is 16.0. The first-order chi connectivity index (χ1) is 9.77. The Morgan fingerprint density at radius 1 is 1.52 bits per heavy atom. The van der Waals surface area contributed by atoms with Crippen LogP contribution in [0.4, 0.5) is 0 Å². The predicted molar refractivity (Wildman–Crippen MR) is 83.0 cm³/mol. The van der Waals surface area contributed by atoms with Crippen LogP contribution in [0.2, 0.25) is 0 Å². The number of carbonyl (C=O) groups excluding carboxylic acids is 1. The number of nitrogens with one attached hydrogen (secondary N) is 2. The van der Waals surface area contributed by atoms with Crippen molar-refractivity contribution in [3.63, 3.8) is 0 Å². The highest BCUT2D eigenvalue weighted by molar-refractivity contribution is 8.00. The van der Waals surface area contributed by atoms with Gasteiger partial charge in [-0.3, -0.25) is 4.79 Å². The highest BCUT2D eigenvalue weighted by atomic mass is 32.2. The van der Waals surface area contributed by atoms with E-state index in [-0.39, 0.29) is 11.8 Å². The molecule has 21 heavy (non-hydrogen) atoms. The monoisotopic (exact) mass is 313 g/mol. The molecule has 0 unspecified atom stereocenters. The summed E-state index contributed by atoms with van der Waals surface area (Å²) in [6, 6.07) is -0.852. The van der Waals surface area contributed by atoms with Crippen molar-refractivity contribution in [3.8, 4) is 0 Å². The number of imidazole rings is 1. The minimum atomic E-state index is -0.993. The molecule has 0 aliphatic carbocycles. The fourth-order valence-electron chi connectivity index (χ4n) is 1.69. The smallest absolute Gasteiger partial charge is 0.326 e. The van der Waals surface area contributed by atoms with Gasteiger partial charge in [-0.15, -0.1) is 11.8 Å². The van der Waals surface area contributed by atoms with Crippen LogP contribution < -0.4 is 5.32 Å². The van der Waals surface area contributed by atoms with Crippen molar-refractivity contribution < 1.29 is 14.7 Å². The summed E-state index contributed by atoms with van der Waals surface area (Å²) in [5.74, 6) is -0.756.